The van der Waals surface area contributed by atoms with Gasteiger partial charge in [0, 0.05) is 13.1 Å². The summed E-state index contributed by atoms with van der Waals surface area (Å²) in [7, 11) is 0. The van der Waals surface area contributed by atoms with Gasteiger partial charge in [-0.1, -0.05) is 19.9 Å². The molecule has 0 aromatic heterocycles. The van der Waals surface area contributed by atoms with Crippen molar-refractivity contribution < 1.29 is 18.3 Å². The van der Waals surface area contributed by atoms with E-state index in [2.05, 4.69) is 6.07 Å². The van der Waals surface area contributed by atoms with Gasteiger partial charge in [-0.05, 0) is 51.3 Å². The quantitative estimate of drug-likeness (QED) is 0.730. The smallest absolute Gasteiger partial charge is 0.410 e. The highest BCUT2D eigenvalue weighted by Gasteiger charge is 2.39. The summed E-state index contributed by atoms with van der Waals surface area (Å²) in [6.45, 7) is 10.0. The summed E-state index contributed by atoms with van der Waals surface area (Å²) in [6.07, 6.45) is 0.288. The molecule has 0 atom stereocenters. The third-order valence-electron chi connectivity index (χ3n) is 3.95. The zero-order valence-corrected chi connectivity index (χ0v) is 15.5. The molecular formula is C19H26F2N2O2. The van der Waals surface area contributed by atoms with Crippen molar-refractivity contribution >= 4 is 6.09 Å². The standard InChI is InChI=1S/C17H20F2N2O2.C2H6/c1-16(2,3)23-15(22)21-8-6-17(11-20,7-9-21)12-4-5-13(18)14(19)10-12;1-2/h4-5,10H,6-9H2,1-3H3;1-2H3. The number of rotatable bonds is 1. The van der Waals surface area contributed by atoms with E-state index in [1.807, 2.05) is 13.8 Å². The van der Waals surface area contributed by atoms with Crippen LogP contribution in [0.4, 0.5) is 13.6 Å². The highest BCUT2D eigenvalue weighted by molar-refractivity contribution is 5.68. The van der Waals surface area contributed by atoms with Crippen LogP contribution < -0.4 is 0 Å². The second-order valence-corrected chi connectivity index (χ2v) is 6.79. The second-order valence-electron chi connectivity index (χ2n) is 6.79. The molecule has 0 saturated carbocycles. The molecule has 0 unspecified atom stereocenters. The number of carbonyl (C=O) groups is 1. The minimum atomic E-state index is -0.966. The van der Waals surface area contributed by atoms with E-state index in [0.29, 0.717) is 31.5 Å². The van der Waals surface area contributed by atoms with Gasteiger partial charge in [0.2, 0.25) is 0 Å². The van der Waals surface area contributed by atoms with Crippen LogP contribution in [0, 0.1) is 23.0 Å². The van der Waals surface area contributed by atoms with Crippen LogP contribution in [0.25, 0.3) is 0 Å². The van der Waals surface area contributed by atoms with Crippen molar-refractivity contribution in [3.8, 4) is 6.07 Å². The van der Waals surface area contributed by atoms with Crippen molar-refractivity contribution in [3.63, 3.8) is 0 Å². The molecule has 0 spiro atoms. The van der Waals surface area contributed by atoms with E-state index in [9.17, 15) is 18.8 Å². The van der Waals surface area contributed by atoms with Crippen molar-refractivity contribution in [2.45, 2.75) is 58.5 Å². The minimum Gasteiger partial charge on any atom is -0.444 e. The van der Waals surface area contributed by atoms with Crippen molar-refractivity contribution in [1.29, 1.82) is 5.26 Å². The number of halogens is 2. The summed E-state index contributed by atoms with van der Waals surface area (Å²) >= 11 is 0. The molecule has 4 nitrogen and oxygen atoms in total. The molecule has 0 aliphatic carbocycles. The van der Waals surface area contributed by atoms with Gasteiger partial charge in [0.1, 0.15) is 5.60 Å². The molecule has 1 heterocycles. The predicted molar refractivity (Wildman–Crippen MR) is 92.0 cm³/mol. The Hall–Kier alpha value is -2.16. The van der Waals surface area contributed by atoms with Crippen molar-refractivity contribution in [1.82, 2.24) is 4.90 Å². The fraction of sp³-hybridized carbons (Fsp3) is 0.579. The molecule has 1 amide bonds. The predicted octanol–water partition coefficient (Wildman–Crippen LogP) is 4.78. The monoisotopic (exact) mass is 352 g/mol. The van der Waals surface area contributed by atoms with Gasteiger partial charge in [-0.3, -0.25) is 0 Å². The maximum Gasteiger partial charge on any atom is 0.410 e. The third-order valence-corrected chi connectivity index (χ3v) is 3.95. The first-order chi connectivity index (χ1) is 11.7. The molecule has 1 aromatic rings. The maximum absolute atomic E-state index is 13.5. The first kappa shape index (κ1) is 20.9. The van der Waals surface area contributed by atoms with Gasteiger partial charge in [-0.25, -0.2) is 13.6 Å². The van der Waals surface area contributed by atoms with Gasteiger partial charge >= 0.3 is 6.09 Å². The van der Waals surface area contributed by atoms with Crippen LogP contribution in [-0.4, -0.2) is 29.7 Å². The van der Waals surface area contributed by atoms with Crippen molar-refractivity contribution in [3.05, 3.63) is 35.4 Å². The Morgan fingerprint density at radius 1 is 1.20 bits per heavy atom. The first-order valence-corrected chi connectivity index (χ1v) is 8.52. The third kappa shape index (κ3) is 5.15. The van der Waals surface area contributed by atoms with Crippen LogP contribution in [0.1, 0.15) is 53.0 Å². The van der Waals surface area contributed by atoms with Gasteiger partial charge in [0.25, 0.3) is 0 Å². The molecule has 1 aliphatic rings. The summed E-state index contributed by atoms with van der Waals surface area (Å²) in [5.41, 5.74) is -1.05. The van der Waals surface area contributed by atoms with Gasteiger partial charge in [-0.15, -0.1) is 0 Å². The van der Waals surface area contributed by atoms with Crippen LogP contribution in [0.5, 0.6) is 0 Å². The average molecular weight is 352 g/mol. The van der Waals surface area contributed by atoms with E-state index < -0.39 is 28.7 Å². The largest absolute Gasteiger partial charge is 0.444 e. The summed E-state index contributed by atoms with van der Waals surface area (Å²) < 4.78 is 31.9. The number of hydrogen-bond acceptors (Lipinski definition) is 3. The Morgan fingerprint density at radius 3 is 2.20 bits per heavy atom. The summed E-state index contributed by atoms with van der Waals surface area (Å²) in [5.74, 6) is -1.90. The van der Waals surface area contributed by atoms with Crippen LogP contribution in [0.2, 0.25) is 0 Å². The van der Waals surface area contributed by atoms with E-state index >= 15 is 0 Å². The maximum atomic E-state index is 13.5. The number of hydrogen-bond donors (Lipinski definition) is 0. The highest BCUT2D eigenvalue weighted by Crippen LogP contribution is 2.36. The summed E-state index contributed by atoms with van der Waals surface area (Å²) in [5, 5.41) is 9.57. The van der Waals surface area contributed by atoms with Crippen LogP contribution in [0.15, 0.2) is 18.2 Å². The fourth-order valence-corrected chi connectivity index (χ4v) is 2.66. The second kappa shape index (κ2) is 8.28. The molecule has 1 saturated heterocycles. The average Bonchev–Trinajstić information content (AvgIpc) is 2.57. The number of amides is 1. The lowest BCUT2D eigenvalue weighted by molar-refractivity contribution is 0.0185. The van der Waals surface area contributed by atoms with E-state index in [1.165, 1.54) is 6.07 Å². The number of nitrogens with zero attached hydrogens (tertiary/aromatic N) is 2. The van der Waals surface area contributed by atoms with Crippen LogP contribution >= 0.6 is 0 Å². The zero-order valence-electron chi connectivity index (χ0n) is 15.5. The Morgan fingerprint density at radius 2 is 1.76 bits per heavy atom. The van der Waals surface area contributed by atoms with Gasteiger partial charge in [0.15, 0.2) is 11.6 Å². The lowest BCUT2D eigenvalue weighted by Crippen LogP contribution is -2.46. The first-order valence-electron chi connectivity index (χ1n) is 8.52. The lowest BCUT2D eigenvalue weighted by atomic mass is 9.74. The van der Waals surface area contributed by atoms with Crippen LogP contribution in [0.3, 0.4) is 0 Å². The molecule has 25 heavy (non-hydrogen) atoms. The number of carbonyl (C=O) groups excluding carboxylic acids is 1. The Labute approximate surface area is 148 Å². The number of likely N-dealkylation sites (tertiary alicyclic amines) is 1. The number of benzene rings is 1. The number of nitriles is 1. The Kier molecular flexibility index (Phi) is 6.92. The molecule has 2 rings (SSSR count). The molecule has 1 aliphatic heterocycles. The van der Waals surface area contributed by atoms with E-state index in [1.54, 1.807) is 25.7 Å². The lowest BCUT2D eigenvalue weighted by Gasteiger charge is -2.38. The SMILES string of the molecule is CC.CC(C)(C)OC(=O)N1CCC(C#N)(c2ccc(F)c(F)c2)CC1. The Balaban J connectivity index is 0.00000151. The zero-order chi connectivity index (χ0) is 19.3. The topological polar surface area (TPSA) is 53.3 Å². The number of ether oxygens (including phenoxy) is 1. The minimum absolute atomic E-state index is 0.335. The normalized spacial score (nSPS) is 16.3. The Bertz CT molecular complexity index is 640. The van der Waals surface area contributed by atoms with Gasteiger partial charge in [0.05, 0.1) is 11.5 Å². The summed E-state index contributed by atoms with van der Waals surface area (Å²) in [4.78, 5) is 13.6. The summed E-state index contributed by atoms with van der Waals surface area (Å²) in [6, 6.07) is 5.76. The van der Waals surface area contributed by atoms with Crippen molar-refractivity contribution in [2.24, 2.45) is 0 Å². The fourth-order valence-electron chi connectivity index (χ4n) is 2.66. The molecule has 0 radical (unpaired) electrons. The molecule has 0 N–H and O–H groups in total. The van der Waals surface area contributed by atoms with Gasteiger partial charge in [-0.2, -0.15) is 5.26 Å². The molecule has 138 valence electrons. The molecule has 1 fully saturated rings. The molecular weight excluding hydrogens is 326 g/mol. The van der Waals surface area contributed by atoms with Crippen molar-refractivity contribution in [2.75, 3.05) is 13.1 Å². The van der Waals surface area contributed by atoms with E-state index in [4.69, 9.17) is 4.74 Å². The molecule has 6 heteroatoms. The van der Waals surface area contributed by atoms with E-state index in [-0.39, 0.29) is 0 Å². The van der Waals surface area contributed by atoms with Crippen LogP contribution in [-0.2, 0) is 10.2 Å². The number of piperidine rings is 1. The highest BCUT2D eigenvalue weighted by atomic mass is 19.2. The van der Waals surface area contributed by atoms with Gasteiger partial charge < -0.3 is 9.64 Å². The molecule has 0 bridgehead atoms. The van der Waals surface area contributed by atoms with E-state index in [0.717, 1.165) is 12.1 Å². The molecule has 1 aromatic carbocycles.